The van der Waals surface area contributed by atoms with Gasteiger partial charge in [0.05, 0.1) is 0 Å². The number of rotatable bonds is 0. The van der Waals surface area contributed by atoms with E-state index in [4.69, 9.17) is 0 Å². The van der Waals surface area contributed by atoms with Gasteiger partial charge in [-0.3, -0.25) is 0 Å². The van der Waals surface area contributed by atoms with Crippen molar-refractivity contribution in [2.75, 3.05) is 5.75 Å². The Hall–Kier alpha value is -1.47. The quantitative estimate of drug-likeness (QED) is 0.560. The van der Waals surface area contributed by atoms with Crippen LogP contribution >= 0.6 is 11.8 Å². The van der Waals surface area contributed by atoms with Gasteiger partial charge in [-0.25, -0.2) is 0 Å². The summed E-state index contributed by atoms with van der Waals surface area (Å²) in [7, 11) is 0. The third-order valence-electron chi connectivity index (χ3n) is 3.31. The van der Waals surface area contributed by atoms with Crippen molar-refractivity contribution in [2.45, 2.75) is 4.90 Å². The minimum absolute atomic E-state index is 1.10. The molecule has 0 amide bonds. The molecule has 16 heavy (non-hydrogen) atoms. The van der Waals surface area contributed by atoms with Crippen molar-refractivity contribution in [1.82, 2.24) is 0 Å². The van der Waals surface area contributed by atoms with Crippen LogP contribution in [-0.2, 0) is 0 Å². The Morgan fingerprint density at radius 3 is 2.50 bits per heavy atom. The Bertz CT molecular complexity index is 740. The van der Waals surface area contributed by atoms with Crippen molar-refractivity contribution >= 4 is 39.4 Å². The van der Waals surface area contributed by atoms with Crippen LogP contribution in [-0.4, -0.2) is 5.75 Å². The molecule has 76 valence electrons. The summed E-state index contributed by atoms with van der Waals surface area (Å²) < 4.78 is 0. The van der Waals surface area contributed by atoms with Crippen LogP contribution in [0.4, 0.5) is 0 Å². The van der Waals surface area contributed by atoms with E-state index in [1.54, 1.807) is 0 Å². The van der Waals surface area contributed by atoms with Crippen molar-refractivity contribution in [2.24, 2.45) is 0 Å². The highest BCUT2D eigenvalue weighted by molar-refractivity contribution is 7.99. The summed E-state index contributed by atoms with van der Waals surface area (Å²) in [5.74, 6) is 1.10. The zero-order valence-electron chi connectivity index (χ0n) is 8.73. The standard InChI is InChI=1S/C15H10S/c1-2-10-4-5-12-8-9-16-13-7-6-11(3-1)14(10)15(12)13/h1-8H,9H2. The summed E-state index contributed by atoms with van der Waals surface area (Å²) in [5, 5.41) is 6.99. The maximum atomic E-state index is 2.33. The number of benzene rings is 3. The zero-order chi connectivity index (χ0) is 10.5. The first-order valence-electron chi connectivity index (χ1n) is 5.51. The molecule has 0 atom stereocenters. The smallest absolute Gasteiger partial charge is 0.0170 e. The van der Waals surface area contributed by atoms with Gasteiger partial charge in [-0.05, 0) is 27.4 Å². The SMILES string of the molecule is C1=c2ccc3cccc4ccc(c2c43)SC1. The lowest BCUT2D eigenvalue weighted by Crippen LogP contribution is -2.07. The van der Waals surface area contributed by atoms with Gasteiger partial charge in [-0.15, -0.1) is 11.8 Å². The first-order valence-corrected chi connectivity index (χ1v) is 6.49. The van der Waals surface area contributed by atoms with Gasteiger partial charge in [-0.2, -0.15) is 0 Å². The molecule has 0 saturated heterocycles. The molecule has 0 saturated carbocycles. The molecule has 0 radical (unpaired) electrons. The summed E-state index contributed by atoms with van der Waals surface area (Å²) in [6.45, 7) is 0. The molecule has 3 aromatic rings. The third-order valence-corrected chi connectivity index (χ3v) is 4.30. The van der Waals surface area contributed by atoms with Crippen LogP contribution in [0.2, 0.25) is 0 Å². The largest absolute Gasteiger partial charge is 0.121 e. The number of hydrogen-bond donors (Lipinski definition) is 0. The fourth-order valence-corrected chi connectivity index (χ4v) is 3.56. The Kier molecular flexibility index (Phi) is 1.63. The van der Waals surface area contributed by atoms with Crippen LogP contribution in [0, 0.1) is 0 Å². The normalized spacial score (nSPS) is 14.2. The van der Waals surface area contributed by atoms with Gasteiger partial charge in [-0.1, -0.05) is 42.5 Å². The van der Waals surface area contributed by atoms with E-state index in [0.29, 0.717) is 0 Å². The van der Waals surface area contributed by atoms with Gasteiger partial charge in [0.15, 0.2) is 0 Å². The van der Waals surface area contributed by atoms with E-state index in [1.807, 2.05) is 11.8 Å². The van der Waals surface area contributed by atoms with Crippen molar-refractivity contribution < 1.29 is 0 Å². The average Bonchev–Trinajstić information content (AvgIpc) is 2.36. The van der Waals surface area contributed by atoms with Crippen LogP contribution in [0.1, 0.15) is 0 Å². The van der Waals surface area contributed by atoms with Gasteiger partial charge in [0.25, 0.3) is 0 Å². The molecule has 4 rings (SSSR count). The molecular formula is C15H10S. The summed E-state index contributed by atoms with van der Waals surface area (Å²) in [6.07, 6.45) is 2.33. The van der Waals surface area contributed by atoms with Crippen LogP contribution in [0.5, 0.6) is 0 Å². The summed E-state index contributed by atoms with van der Waals surface area (Å²) >= 11 is 1.94. The fraction of sp³-hybridized carbons (Fsp3) is 0.0667. The highest BCUT2D eigenvalue weighted by atomic mass is 32.2. The maximum Gasteiger partial charge on any atom is 0.0170 e. The van der Waals surface area contributed by atoms with E-state index in [0.717, 1.165) is 5.75 Å². The van der Waals surface area contributed by atoms with Crippen LogP contribution in [0.15, 0.2) is 47.4 Å². The fourth-order valence-electron chi connectivity index (χ4n) is 2.59. The maximum absolute atomic E-state index is 2.33. The number of thioether (sulfide) groups is 1. The van der Waals surface area contributed by atoms with Gasteiger partial charge in [0.2, 0.25) is 0 Å². The molecule has 3 aromatic carbocycles. The molecule has 0 aliphatic carbocycles. The van der Waals surface area contributed by atoms with Crippen molar-refractivity contribution in [1.29, 1.82) is 0 Å². The van der Waals surface area contributed by atoms with Gasteiger partial charge in [0, 0.05) is 16.0 Å². The van der Waals surface area contributed by atoms with Gasteiger partial charge < -0.3 is 0 Å². The van der Waals surface area contributed by atoms with Crippen molar-refractivity contribution in [3.63, 3.8) is 0 Å². The summed E-state index contributed by atoms with van der Waals surface area (Å²) in [4.78, 5) is 1.43. The molecular weight excluding hydrogens is 212 g/mol. The first-order chi connectivity index (χ1) is 7.93. The van der Waals surface area contributed by atoms with Crippen molar-refractivity contribution in [3.05, 3.63) is 47.7 Å². The summed E-state index contributed by atoms with van der Waals surface area (Å²) in [5.41, 5.74) is 0. The minimum Gasteiger partial charge on any atom is -0.121 e. The molecule has 1 heterocycles. The van der Waals surface area contributed by atoms with E-state index in [2.05, 4.69) is 48.5 Å². The molecule has 0 N–H and O–H groups in total. The molecule has 1 aliphatic rings. The predicted octanol–water partition coefficient (Wildman–Crippen LogP) is 3.60. The molecule has 0 aromatic heterocycles. The molecule has 1 heteroatoms. The molecule has 0 nitrogen and oxygen atoms in total. The lowest BCUT2D eigenvalue weighted by molar-refractivity contribution is 1.51. The van der Waals surface area contributed by atoms with E-state index in [9.17, 15) is 0 Å². The second kappa shape index (κ2) is 3.02. The van der Waals surface area contributed by atoms with Gasteiger partial charge in [0.1, 0.15) is 0 Å². The topological polar surface area (TPSA) is 0 Å². The Labute approximate surface area is 97.9 Å². The monoisotopic (exact) mass is 222 g/mol. The Balaban J connectivity index is 2.45. The first kappa shape index (κ1) is 8.66. The Morgan fingerprint density at radius 1 is 0.812 bits per heavy atom. The van der Waals surface area contributed by atoms with Crippen LogP contribution in [0.25, 0.3) is 27.6 Å². The second-order valence-electron chi connectivity index (χ2n) is 4.19. The molecule has 0 spiro atoms. The lowest BCUT2D eigenvalue weighted by Gasteiger charge is -2.13. The molecule has 1 aliphatic heterocycles. The Morgan fingerprint density at radius 2 is 1.62 bits per heavy atom. The predicted molar refractivity (Wildman–Crippen MR) is 71.9 cm³/mol. The van der Waals surface area contributed by atoms with Crippen molar-refractivity contribution in [3.8, 4) is 0 Å². The highest BCUT2D eigenvalue weighted by Crippen LogP contribution is 2.33. The van der Waals surface area contributed by atoms with E-state index in [-0.39, 0.29) is 0 Å². The van der Waals surface area contributed by atoms with E-state index >= 15 is 0 Å². The molecule has 0 unspecified atom stereocenters. The van der Waals surface area contributed by atoms with E-state index in [1.165, 1.54) is 31.7 Å². The minimum atomic E-state index is 1.10. The summed E-state index contributed by atoms with van der Waals surface area (Å²) in [6, 6.07) is 15.5. The van der Waals surface area contributed by atoms with Crippen LogP contribution < -0.4 is 5.22 Å². The molecule has 0 bridgehead atoms. The molecule has 0 fully saturated rings. The van der Waals surface area contributed by atoms with Gasteiger partial charge >= 0.3 is 0 Å². The highest BCUT2D eigenvalue weighted by Gasteiger charge is 2.10. The number of hydrogen-bond acceptors (Lipinski definition) is 1. The third kappa shape index (κ3) is 1.01. The second-order valence-corrected chi connectivity index (χ2v) is 5.25. The van der Waals surface area contributed by atoms with Crippen LogP contribution in [0.3, 0.4) is 0 Å². The van der Waals surface area contributed by atoms with E-state index < -0.39 is 0 Å². The lowest BCUT2D eigenvalue weighted by atomic mass is 9.99. The average molecular weight is 222 g/mol. The zero-order valence-corrected chi connectivity index (χ0v) is 9.55.